The van der Waals surface area contributed by atoms with E-state index in [1.165, 1.54) is 83.5 Å². The third kappa shape index (κ3) is 38.2. The highest BCUT2D eigenvalue weighted by atomic mass is 31.2. The lowest BCUT2D eigenvalue weighted by Gasteiger charge is -2.28. The predicted molar refractivity (Wildman–Crippen MR) is 213 cm³/mol. The van der Waals surface area contributed by atoms with Crippen molar-refractivity contribution in [1.29, 1.82) is 0 Å². The van der Waals surface area contributed by atoms with E-state index in [0.29, 0.717) is 17.4 Å². The number of quaternary nitrogens is 1. The van der Waals surface area contributed by atoms with Crippen molar-refractivity contribution in [2.24, 2.45) is 0 Å². The van der Waals surface area contributed by atoms with Gasteiger partial charge in [0.25, 0.3) is 7.82 Å². The topological polar surface area (TPSA) is 111 Å². The smallest absolute Gasteiger partial charge is 0.306 e. The molecule has 0 amide bonds. The summed E-state index contributed by atoms with van der Waals surface area (Å²) in [5.74, 6) is -0.861. The van der Waals surface area contributed by atoms with Crippen LogP contribution in [0, 0.1) is 0 Å². The summed E-state index contributed by atoms with van der Waals surface area (Å²) in [5, 5.41) is 0. The summed E-state index contributed by atoms with van der Waals surface area (Å²) >= 11 is 0. The number of carbonyl (C=O) groups is 2. The minimum Gasteiger partial charge on any atom is -0.756 e. The molecule has 0 aliphatic heterocycles. The Morgan fingerprint density at radius 2 is 0.981 bits per heavy atom. The van der Waals surface area contributed by atoms with Crippen molar-refractivity contribution < 1.29 is 42.1 Å². The van der Waals surface area contributed by atoms with Gasteiger partial charge >= 0.3 is 11.9 Å². The first-order valence-electron chi connectivity index (χ1n) is 21.0. The number of hydrogen-bond acceptors (Lipinski definition) is 8. The molecule has 0 fully saturated rings. The average Bonchev–Trinajstić information content (AvgIpc) is 3.09. The molecule has 0 aliphatic carbocycles. The molecular formula is C42H80NO8P. The van der Waals surface area contributed by atoms with Gasteiger partial charge in [-0.15, -0.1) is 0 Å². The normalized spacial score (nSPS) is 13.9. The number of carbonyl (C=O) groups excluding carboxylic acids is 2. The molecule has 0 rings (SSSR count). The third-order valence-corrected chi connectivity index (χ3v) is 9.91. The Bertz CT molecular complexity index is 949. The molecule has 2 atom stereocenters. The van der Waals surface area contributed by atoms with Crippen LogP contribution in [0.4, 0.5) is 0 Å². The maximum absolute atomic E-state index is 12.6. The van der Waals surface area contributed by atoms with Crippen LogP contribution in [0.2, 0.25) is 0 Å². The van der Waals surface area contributed by atoms with Crippen LogP contribution in [0.1, 0.15) is 181 Å². The average molecular weight is 758 g/mol. The Morgan fingerprint density at radius 3 is 1.46 bits per heavy atom. The van der Waals surface area contributed by atoms with Gasteiger partial charge in [0, 0.05) is 12.8 Å². The number of nitrogens with zero attached hydrogens (tertiary/aromatic N) is 1. The number of ether oxygens (including phenoxy) is 2. The van der Waals surface area contributed by atoms with Gasteiger partial charge in [-0.2, -0.15) is 0 Å². The molecule has 0 bridgehead atoms. The van der Waals surface area contributed by atoms with Crippen LogP contribution in [0.15, 0.2) is 24.3 Å². The van der Waals surface area contributed by atoms with E-state index in [4.69, 9.17) is 18.5 Å². The van der Waals surface area contributed by atoms with Crippen molar-refractivity contribution >= 4 is 19.8 Å². The molecule has 0 radical (unpaired) electrons. The molecule has 0 heterocycles. The van der Waals surface area contributed by atoms with E-state index in [0.717, 1.165) is 64.2 Å². The number of hydrogen-bond donors (Lipinski definition) is 0. The van der Waals surface area contributed by atoms with Gasteiger partial charge in [-0.3, -0.25) is 14.2 Å². The lowest BCUT2D eigenvalue weighted by atomic mass is 10.1. The van der Waals surface area contributed by atoms with Gasteiger partial charge in [0.15, 0.2) is 6.10 Å². The summed E-state index contributed by atoms with van der Waals surface area (Å²) in [6.45, 7) is 4.18. The fraction of sp³-hybridized carbons (Fsp3) is 0.857. The molecule has 10 heteroatoms. The summed E-state index contributed by atoms with van der Waals surface area (Å²) in [4.78, 5) is 37.4. The van der Waals surface area contributed by atoms with Crippen LogP contribution in [-0.2, 0) is 32.7 Å². The first-order valence-corrected chi connectivity index (χ1v) is 22.5. The number of unbranched alkanes of at least 4 members (excludes halogenated alkanes) is 20. The van der Waals surface area contributed by atoms with Crippen molar-refractivity contribution in [3.63, 3.8) is 0 Å². The Labute approximate surface area is 319 Å². The van der Waals surface area contributed by atoms with E-state index in [-0.39, 0.29) is 26.1 Å². The van der Waals surface area contributed by atoms with Crippen molar-refractivity contribution in [2.45, 2.75) is 187 Å². The molecular weight excluding hydrogens is 677 g/mol. The molecule has 0 aromatic rings. The summed E-state index contributed by atoms with van der Waals surface area (Å²) in [5.41, 5.74) is 0. The van der Waals surface area contributed by atoms with Crippen molar-refractivity contribution in [2.75, 3.05) is 47.5 Å². The number of allylic oxidation sites excluding steroid dienone is 4. The Morgan fingerprint density at radius 1 is 0.577 bits per heavy atom. The lowest BCUT2D eigenvalue weighted by molar-refractivity contribution is -0.870. The minimum absolute atomic E-state index is 0.0338. The second kappa shape index (κ2) is 35.2. The molecule has 0 N–H and O–H groups in total. The molecule has 0 saturated carbocycles. The summed E-state index contributed by atoms with van der Waals surface area (Å²) in [6.07, 6.45) is 36.3. The van der Waals surface area contributed by atoms with Crippen LogP contribution in [0.25, 0.3) is 0 Å². The van der Waals surface area contributed by atoms with E-state index >= 15 is 0 Å². The fourth-order valence-electron chi connectivity index (χ4n) is 5.58. The molecule has 0 aromatic heterocycles. The molecule has 52 heavy (non-hydrogen) atoms. The molecule has 0 spiro atoms. The van der Waals surface area contributed by atoms with Gasteiger partial charge in [0.1, 0.15) is 19.8 Å². The Hall–Kier alpha value is -1.51. The van der Waals surface area contributed by atoms with E-state index in [1.807, 2.05) is 21.1 Å². The van der Waals surface area contributed by atoms with Crippen LogP contribution >= 0.6 is 7.82 Å². The molecule has 0 aromatic carbocycles. The highest BCUT2D eigenvalue weighted by Gasteiger charge is 2.21. The second-order valence-corrected chi connectivity index (χ2v) is 16.8. The monoisotopic (exact) mass is 758 g/mol. The van der Waals surface area contributed by atoms with E-state index in [9.17, 15) is 19.0 Å². The van der Waals surface area contributed by atoms with Gasteiger partial charge in [0.2, 0.25) is 0 Å². The highest BCUT2D eigenvalue weighted by Crippen LogP contribution is 2.38. The van der Waals surface area contributed by atoms with Gasteiger partial charge in [-0.1, -0.05) is 128 Å². The van der Waals surface area contributed by atoms with Crippen LogP contribution in [0.5, 0.6) is 0 Å². The minimum atomic E-state index is -4.62. The quantitative estimate of drug-likeness (QED) is 0.0201. The highest BCUT2D eigenvalue weighted by molar-refractivity contribution is 7.45. The standard InChI is InChI=1S/C42H80NO8P/c1-6-8-10-12-14-16-18-20-21-23-25-27-29-31-33-35-42(45)51-40(39-50-52(46,47)49-37-36-43(3,4)5)38-48-41(44)34-32-30-28-26-24-22-19-17-15-13-11-9-7-2/h17,19,23,25,40H,6-16,18,20-22,24,26-39H2,1-5H3/b19-17+,25-23+/t40-/m1/s1. The van der Waals surface area contributed by atoms with Gasteiger partial charge < -0.3 is 27.9 Å². The Kier molecular flexibility index (Phi) is 34.2. The maximum Gasteiger partial charge on any atom is 0.306 e. The number of phosphoric ester groups is 1. The van der Waals surface area contributed by atoms with Crippen LogP contribution in [0.3, 0.4) is 0 Å². The zero-order chi connectivity index (χ0) is 38.6. The van der Waals surface area contributed by atoms with E-state index in [2.05, 4.69) is 38.2 Å². The summed E-state index contributed by atoms with van der Waals surface area (Å²) in [6, 6.07) is 0. The summed E-state index contributed by atoms with van der Waals surface area (Å²) in [7, 11) is 1.15. The maximum atomic E-state index is 12.6. The molecule has 1 unspecified atom stereocenters. The SMILES string of the molecule is CCCCCC/C=C/CCCCCCCC(=O)OC[C@H](COP(=O)([O-])OCC[N+](C)(C)C)OC(=O)CCCCC/C=C/CCCCCCCCCC. The van der Waals surface area contributed by atoms with Gasteiger partial charge in [-0.25, -0.2) is 0 Å². The van der Waals surface area contributed by atoms with Crippen molar-refractivity contribution in [1.82, 2.24) is 0 Å². The van der Waals surface area contributed by atoms with Gasteiger partial charge in [-0.05, 0) is 64.2 Å². The van der Waals surface area contributed by atoms with Crippen molar-refractivity contribution in [3.05, 3.63) is 24.3 Å². The zero-order valence-corrected chi connectivity index (χ0v) is 35.2. The largest absolute Gasteiger partial charge is 0.756 e. The van der Waals surface area contributed by atoms with Crippen molar-refractivity contribution in [3.8, 4) is 0 Å². The number of rotatable bonds is 38. The van der Waals surface area contributed by atoms with E-state index < -0.39 is 32.5 Å². The second-order valence-electron chi connectivity index (χ2n) is 15.3. The van der Waals surface area contributed by atoms with Gasteiger partial charge in [0.05, 0.1) is 27.7 Å². The van der Waals surface area contributed by atoms with E-state index in [1.54, 1.807) is 0 Å². The third-order valence-electron chi connectivity index (χ3n) is 8.94. The Balaban J connectivity index is 4.42. The van der Waals surface area contributed by atoms with Crippen LogP contribution in [-0.4, -0.2) is 70.0 Å². The molecule has 9 nitrogen and oxygen atoms in total. The fourth-order valence-corrected chi connectivity index (χ4v) is 6.31. The first kappa shape index (κ1) is 50.5. The number of phosphoric acid groups is 1. The molecule has 306 valence electrons. The van der Waals surface area contributed by atoms with Crippen LogP contribution < -0.4 is 4.89 Å². The first-order chi connectivity index (χ1) is 25.0. The summed E-state index contributed by atoms with van der Waals surface area (Å²) < 4.78 is 33.8. The predicted octanol–water partition coefficient (Wildman–Crippen LogP) is 10.9. The molecule has 0 aliphatic rings. The lowest BCUT2D eigenvalue weighted by Crippen LogP contribution is -2.37. The zero-order valence-electron chi connectivity index (χ0n) is 34.3. The number of esters is 2. The number of likely N-dealkylation sites (N-methyl/N-ethyl adjacent to an activating group) is 1. The molecule has 0 saturated heterocycles.